The summed E-state index contributed by atoms with van der Waals surface area (Å²) in [6.07, 6.45) is 4.43. The molecule has 0 radical (unpaired) electrons. The van der Waals surface area contributed by atoms with Crippen LogP contribution in [0.4, 0.5) is 5.82 Å². The second-order valence-corrected chi connectivity index (χ2v) is 3.18. The van der Waals surface area contributed by atoms with E-state index in [4.69, 9.17) is 10.8 Å². The molecule has 0 fully saturated rings. The van der Waals surface area contributed by atoms with Gasteiger partial charge in [0.25, 0.3) is 0 Å². The number of rotatable bonds is 6. The molecule has 0 aliphatic rings. The van der Waals surface area contributed by atoms with Gasteiger partial charge in [-0.2, -0.15) is 5.10 Å². The molecule has 0 saturated carbocycles. The number of aryl methyl sites for hydroxylation is 1. The van der Waals surface area contributed by atoms with Gasteiger partial charge in [-0.15, -0.1) is 0 Å². The smallest absolute Gasteiger partial charge is 0.303 e. The van der Waals surface area contributed by atoms with Crippen molar-refractivity contribution in [1.82, 2.24) is 9.78 Å². The van der Waals surface area contributed by atoms with Crippen molar-refractivity contribution in [2.75, 3.05) is 5.73 Å². The lowest BCUT2D eigenvalue weighted by atomic mass is 10.2. The van der Waals surface area contributed by atoms with Gasteiger partial charge in [0.05, 0.1) is 6.20 Å². The van der Waals surface area contributed by atoms with E-state index in [9.17, 15) is 4.79 Å². The van der Waals surface area contributed by atoms with Gasteiger partial charge in [-0.3, -0.25) is 9.48 Å². The summed E-state index contributed by atoms with van der Waals surface area (Å²) in [5, 5.41) is 12.4. The minimum Gasteiger partial charge on any atom is -0.481 e. The highest BCUT2D eigenvalue weighted by Crippen LogP contribution is 2.05. The van der Waals surface area contributed by atoms with E-state index >= 15 is 0 Å². The van der Waals surface area contributed by atoms with Crippen molar-refractivity contribution >= 4 is 11.8 Å². The van der Waals surface area contributed by atoms with Crippen LogP contribution < -0.4 is 5.73 Å². The van der Waals surface area contributed by atoms with Gasteiger partial charge in [0.1, 0.15) is 5.82 Å². The predicted octanol–water partition coefficient (Wildman–Crippen LogP) is 1.11. The first-order chi connectivity index (χ1) is 6.70. The summed E-state index contributed by atoms with van der Waals surface area (Å²) in [4.78, 5) is 10.2. The van der Waals surface area contributed by atoms with Gasteiger partial charge in [0, 0.05) is 13.0 Å². The maximum atomic E-state index is 10.2. The summed E-state index contributed by atoms with van der Waals surface area (Å²) in [6.45, 7) is 0.762. The van der Waals surface area contributed by atoms with Crippen LogP contribution in [0.1, 0.15) is 25.7 Å². The molecular formula is C9H15N3O2. The van der Waals surface area contributed by atoms with Gasteiger partial charge in [-0.1, -0.05) is 6.42 Å². The molecule has 3 N–H and O–H groups in total. The number of nitrogens with two attached hydrogens (primary N) is 1. The first kappa shape index (κ1) is 10.6. The number of hydrogen-bond acceptors (Lipinski definition) is 3. The molecular weight excluding hydrogens is 182 g/mol. The summed E-state index contributed by atoms with van der Waals surface area (Å²) in [6, 6.07) is 1.75. The van der Waals surface area contributed by atoms with E-state index in [-0.39, 0.29) is 6.42 Å². The minimum atomic E-state index is -0.733. The number of carbonyl (C=O) groups is 1. The Kier molecular flexibility index (Phi) is 3.97. The molecule has 0 spiro atoms. The van der Waals surface area contributed by atoms with Crippen LogP contribution in [0.2, 0.25) is 0 Å². The van der Waals surface area contributed by atoms with Crippen LogP contribution in [0.25, 0.3) is 0 Å². The lowest BCUT2D eigenvalue weighted by Crippen LogP contribution is -2.04. The molecule has 78 valence electrons. The Morgan fingerprint density at radius 2 is 2.29 bits per heavy atom. The number of anilines is 1. The van der Waals surface area contributed by atoms with Crippen LogP contribution in [0.15, 0.2) is 12.3 Å². The van der Waals surface area contributed by atoms with Gasteiger partial charge in [-0.25, -0.2) is 0 Å². The topological polar surface area (TPSA) is 81.1 Å². The van der Waals surface area contributed by atoms with E-state index in [2.05, 4.69) is 5.10 Å². The SMILES string of the molecule is Nc1ccnn1CCCCCC(=O)O. The van der Waals surface area contributed by atoms with Crippen molar-refractivity contribution in [3.8, 4) is 0 Å². The molecule has 1 aromatic rings. The summed E-state index contributed by atoms with van der Waals surface area (Å²) in [7, 11) is 0. The quantitative estimate of drug-likeness (QED) is 0.669. The van der Waals surface area contributed by atoms with Crippen molar-refractivity contribution in [3.63, 3.8) is 0 Å². The Labute approximate surface area is 82.5 Å². The summed E-state index contributed by atoms with van der Waals surface area (Å²) in [5.74, 6) is -0.0770. The Hall–Kier alpha value is -1.52. The van der Waals surface area contributed by atoms with E-state index in [1.165, 1.54) is 0 Å². The molecule has 0 unspecified atom stereocenters. The lowest BCUT2D eigenvalue weighted by Gasteiger charge is -2.02. The predicted molar refractivity (Wildman–Crippen MR) is 52.7 cm³/mol. The van der Waals surface area contributed by atoms with Crippen LogP contribution in [0.3, 0.4) is 0 Å². The highest BCUT2D eigenvalue weighted by molar-refractivity contribution is 5.66. The molecule has 0 saturated heterocycles. The first-order valence-corrected chi connectivity index (χ1v) is 4.69. The number of unbranched alkanes of at least 4 members (excludes halogenated alkanes) is 2. The number of aromatic nitrogens is 2. The van der Waals surface area contributed by atoms with Crippen LogP contribution >= 0.6 is 0 Å². The number of nitrogen functional groups attached to an aromatic ring is 1. The summed E-state index contributed by atoms with van der Waals surface area (Å²) >= 11 is 0. The number of carboxylic acid groups (broad SMARTS) is 1. The fraction of sp³-hybridized carbons (Fsp3) is 0.556. The molecule has 0 aliphatic carbocycles. The first-order valence-electron chi connectivity index (χ1n) is 4.69. The average molecular weight is 197 g/mol. The molecule has 0 aromatic carbocycles. The third kappa shape index (κ3) is 3.47. The molecule has 0 amide bonds. The van der Waals surface area contributed by atoms with Gasteiger partial charge in [0.15, 0.2) is 0 Å². The molecule has 5 heteroatoms. The summed E-state index contributed by atoms with van der Waals surface area (Å²) < 4.78 is 1.72. The Morgan fingerprint density at radius 3 is 2.86 bits per heavy atom. The maximum Gasteiger partial charge on any atom is 0.303 e. The van der Waals surface area contributed by atoms with Crippen molar-refractivity contribution in [2.45, 2.75) is 32.2 Å². The molecule has 5 nitrogen and oxygen atoms in total. The second kappa shape index (κ2) is 5.26. The Bertz CT molecular complexity index is 296. The standard InChI is InChI=1S/C9H15N3O2/c10-8-5-6-11-12(8)7-3-1-2-4-9(13)14/h5-6H,1-4,7,10H2,(H,13,14). The second-order valence-electron chi connectivity index (χ2n) is 3.18. The van der Waals surface area contributed by atoms with E-state index in [0.717, 1.165) is 25.8 Å². The van der Waals surface area contributed by atoms with Crippen molar-refractivity contribution < 1.29 is 9.90 Å². The molecule has 14 heavy (non-hydrogen) atoms. The van der Waals surface area contributed by atoms with E-state index in [0.29, 0.717) is 5.82 Å². The fourth-order valence-electron chi connectivity index (χ4n) is 1.24. The highest BCUT2D eigenvalue weighted by atomic mass is 16.4. The zero-order valence-corrected chi connectivity index (χ0v) is 8.02. The maximum absolute atomic E-state index is 10.2. The van der Waals surface area contributed by atoms with Crippen LogP contribution in [0, 0.1) is 0 Å². The van der Waals surface area contributed by atoms with E-state index < -0.39 is 5.97 Å². The Balaban J connectivity index is 2.10. The van der Waals surface area contributed by atoms with Crippen LogP contribution in [0.5, 0.6) is 0 Å². The third-order valence-electron chi connectivity index (χ3n) is 2.01. The van der Waals surface area contributed by atoms with Crippen LogP contribution in [-0.2, 0) is 11.3 Å². The van der Waals surface area contributed by atoms with E-state index in [1.807, 2.05) is 0 Å². The normalized spacial score (nSPS) is 10.3. The zero-order chi connectivity index (χ0) is 10.4. The molecule has 1 rings (SSSR count). The van der Waals surface area contributed by atoms with Crippen molar-refractivity contribution in [3.05, 3.63) is 12.3 Å². The highest BCUT2D eigenvalue weighted by Gasteiger charge is 1.99. The average Bonchev–Trinajstić information content (AvgIpc) is 2.51. The van der Waals surface area contributed by atoms with E-state index in [1.54, 1.807) is 16.9 Å². The molecule has 1 aromatic heterocycles. The van der Waals surface area contributed by atoms with Gasteiger partial charge in [0.2, 0.25) is 0 Å². The van der Waals surface area contributed by atoms with Crippen LogP contribution in [-0.4, -0.2) is 20.9 Å². The zero-order valence-electron chi connectivity index (χ0n) is 8.02. The molecule has 0 bridgehead atoms. The van der Waals surface area contributed by atoms with Crippen molar-refractivity contribution in [2.24, 2.45) is 0 Å². The van der Waals surface area contributed by atoms with Crippen molar-refractivity contribution in [1.29, 1.82) is 0 Å². The molecule has 1 heterocycles. The fourth-order valence-corrected chi connectivity index (χ4v) is 1.24. The third-order valence-corrected chi connectivity index (χ3v) is 2.01. The minimum absolute atomic E-state index is 0.245. The van der Waals surface area contributed by atoms with Gasteiger partial charge < -0.3 is 10.8 Å². The molecule has 0 aliphatic heterocycles. The number of aliphatic carboxylic acids is 1. The lowest BCUT2D eigenvalue weighted by molar-refractivity contribution is -0.137. The molecule has 0 atom stereocenters. The number of carboxylic acids is 1. The van der Waals surface area contributed by atoms with Gasteiger partial charge in [-0.05, 0) is 18.9 Å². The number of hydrogen-bond donors (Lipinski definition) is 2. The number of nitrogens with zero attached hydrogens (tertiary/aromatic N) is 2. The monoisotopic (exact) mass is 197 g/mol. The largest absolute Gasteiger partial charge is 0.481 e. The summed E-state index contributed by atoms with van der Waals surface area (Å²) in [5.41, 5.74) is 5.61. The Morgan fingerprint density at radius 1 is 1.50 bits per heavy atom. The van der Waals surface area contributed by atoms with Gasteiger partial charge >= 0.3 is 5.97 Å².